The highest BCUT2D eigenvalue weighted by Gasteiger charge is 2.33. The van der Waals surface area contributed by atoms with E-state index < -0.39 is 0 Å². The van der Waals surface area contributed by atoms with Gasteiger partial charge in [0.1, 0.15) is 11.6 Å². The summed E-state index contributed by atoms with van der Waals surface area (Å²) in [6.45, 7) is 1.76. The Morgan fingerprint density at radius 1 is 1.38 bits per heavy atom. The minimum absolute atomic E-state index is 0.184. The van der Waals surface area contributed by atoms with Crippen LogP contribution in [0.5, 0.6) is 0 Å². The third-order valence-corrected chi connectivity index (χ3v) is 3.61. The van der Waals surface area contributed by atoms with E-state index in [0.717, 1.165) is 0 Å². The van der Waals surface area contributed by atoms with Crippen LogP contribution >= 0.6 is 11.6 Å². The van der Waals surface area contributed by atoms with Crippen molar-refractivity contribution in [2.45, 2.75) is 6.92 Å². The van der Waals surface area contributed by atoms with Gasteiger partial charge in [-0.1, -0.05) is 12.1 Å². The average molecular weight is 305 g/mol. The van der Waals surface area contributed by atoms with Crippen LogP contribution in [-0.2, 0) is 11.8 Å². The van der Waals surface area contributed by atoms with Crippen LogP contribution in [0.2, 0.25) is 0 Å². The number of aryl methyl sites for hydroxylation is 2. The number of halogens is 1. The van der Waals surface area contributed by atoms with Crippen LogP contribution in [0.4, 0.5) is 17.1 Å². The summed E-state index contributed by atoms with van der Waals surface area (Å²) in [4.78, 5) is 26.2. The molecule has 0 saturated carbocycles. The number of alkyl halides is 1. The number of anilines is 3. The summed E-state index contributed by atoms with van der Waals surface area (Å²) in [6, 6.07) is 7.11. The summed E-state index contributed by atoms with van der Waals surface area (Å²) < 4.78 is 1.47. The quantitative estimate of drug-likeness (QED) is 0.821. The maximum Gasteiger partial charge on any atom is 0.276 e. The second kappa shape index (κ2) is 4.89. The van der Waals surface area contributed by atoms with Crippen molar-refractivity contribution in [3.8, 4) is 0 Å². The molecule has 3 rings (SSSR count). The third-order valence-electron chi connectivity index (χ3n) is 3.39. The van der Waals surface area contributed by atoms with Crippen molar-refractivity contribution in [3.63, 3.8) is 0 Å². The molecular formula is C14H13ClN4O2. The summed E-state index contributed by atoms with van der Waals surface area (Å²) in [7, 11) is 1.67. The van der Waals surface area contributed by atoms with Gasteiger partial charge >= 0.3 is 0 Å². The Morgan fingerprint density at radius 3 is 2.81 bits per heavy atom. The zero-order chi connectivity index (χ0) is 15.1. The number of carbonyl (C=O) groups excluding carboxylic acids is 2. The van der Waals surface area contributed by atoms with Crippen LogP contribution < -0.4 is 10.2 Å². The van der Waals surface area contributed by atoms with Gasteiger partial charge in [-0.15, -0.1) is 11.6 Å². The monoisotopic (exact) mass is 304 g/mol. The lowest BCUT2D eigenvalue weighted by Gasteiger charge is -2.22. The Hall–Kier alpha value is -2.34. The number of rotatable bonds is 1. The minimum atomic E-state index is -0.307. The molecule has 1 N–H and O–H groups in total. The Morgan fingerprint density at radius 2 is 2.10 bits per heavy atom. The summed E-state index contributed by atoms with van der Waals surface area (Å²) in [5.74, 6) is -0.792. The highest BCUT2D eigenvalue weighted by Crippen LogP contribution is 2.39. The van der Waals surface area contributed by atoms with Crippen LogP contribution in [0.1, 0.15) is 16.2 Å². The van der Waals surface area contributed by atoms with Crippen LogP contribution in [0.25, 0.3) is 0 Å². The largest absolute Gasteiger partial charge is 0.319 e. The SMILES string of the molecule is Cc1nn(C)c2c1N(C(=O)CCl)c1ccccc1NC2=O. The highest BCUT2D eigenvalue weighted by atomic mass is 35.5. The molecular weight excluding hydrogens is 292 g/mol. The fourth-order valence-electron chi connectivity index (χ4n) is 2.56. The zero-order valence-corrected chi connectivity index (χ0v) is 12.3. The number of nitrogens with zero attached hydrogens (tertiary/aromatic N) is 3. The second-order valence-corrected chi connectivity index (χ2v) is 5.01. The van der Waals surface area contributed by atoms with E-state index in [1.807, 2.05) is 0 Å². The van der Waals surface area contributed by atoms with Crippen LogP contribution in [-0.4, -0.2) is 27.5 Å². The number of hydrogen-bond donors (Lipinski definition) is 1. The summed E-state index contributed by atoms with van der Waals surface area (Å²) >= 11 is 5.74. The molecule has 0 spiro atoms. The molecule has 7 heteroatoms. The number of hydrogen-bond acceptors (Lipinski definition) is 3. The van der Waals surface area contributed by atoms with Gasteiger partial charge in [0, 0.05) is 7.05 Å². The number of fused-ring (bicyclic) bond motifs is 2. The first-order chi connectivity index (χ1) is 10.0. The molecule has 0 atom stereocenters. The number of aromatic nitrogens is 2. The van der Waals surface area contributed by atoms with Crippen molar-refractivity contribution in [2.75, 3.05) is 16.1 Å². The Bertz CT molecular complexity index is 753. The van der Waals surface area contributed by atoms with E-state index in [9.17, 15) is 9.59 Å². The molecule has 2 heterocycles. The molecule has 1 aliphatic heterocycles. The predicted octanol–water partition coefficient (Wildman–Crippen LogP) is 2.20. The first-order valence-electron chi connectivity index (χ1n) is 6.37. The first kappa shape index (κ1) is 13.6. The summed E-state index contributed by atoms with van der Waals surface area (Å²) in [6.07, 6.45) is 0. The molecule has 1 aromatic heterocycles. The summed E-state index contributed by atoms with van der Waals surface area (Å²) in [5, 5.41) is 7.05. The number of benzene rings is 1. The fourth-order valence-corrected chi connectivity index (χ4v) is 2.68. The smallest absolute Gasteiger partial charge is 0.276 e. The average Bonchev–Trinajstić information content (AvgIpc) is 2.67. The topological polar surface area (TPSA) is 67.2 Å². The second-order valence-electron chi connectivity index (χ2n) is 4.74. The van der Waals surface area contributed by atoms with Crippen molar-refractivity contribution < 1.29 is 9.59 Å². The van der Waals surface area contributed by atoms with Gasteiger partial charge < -0.3 is 5.32 Å². The zero-order valence-electron chi connectivity index (χ0n) is 11.6. The lowest BCUT2D eigenvalue weighted by molar-refractivity contribution is -0.115. The maximum absolute atomic E-state index is 12.4. The van der Waals surface area contributed by atoms with E-state index in [-0.39, 0.29) is 17.7 Å². The molecule has 0 aliphatic carbocycles. The van der Waals surface area contributed by atoms with E-state index in [4.69, 9.17) is 11.6 Å². The molecule has 1 aromatic carbocycles. The molecule has 0 saturated heterocycles. The third kappa shape index (κ3) is 1.99. The van der Waals surface area contributed by atoms with Crippen LogP contribution in [0.15, 0.2) is 24.3 Å². The number of amides is 2. The van der Waals surface area contributed by atoms with Gasteiger partial charge in [0.25, 0.3) is 5.91 Å². The maximum atomic E-state index is 12.4. The standard InChI is InChI=1S/C14H13ClN4O2/c1-8-12-13(18(2)17-8)14(21)16-9-5-3-4-6-10(9)19(12)11(20)7-15/h3-6H,7H2,1-2H3,(H,16,21). The Kier molecular flexibility index (Phi) is 3.17. The Labute approximate surface area is 126 Å². The number of para-hydroxylation sites is 2. The van der Waals surface area contributed by atoms with Gasteiger partial charge in [-0.05, 0) is 19.1 Å². The van der Waals surface area contributed by atoms with Gasteiger partial charge in [0.05, 0.1) is 17.1 Å². The normalized spacial score (nSPS) is 13.3. The number of nitrogens with one attached hydrogen (secondary N) is 1. The first-order valence-corrected chi connectivity index (χ1v) is 6.91. The molecule has 0 radical (unpaired) electrons. The van der Waals surface area contributed by atoms with Crippen LogP contribution in [0.3, 0.4) is 0 Å². The van der Waals surface area contributed by atoms with Gasteiger partial charge in [-0.25, -0.2) is 0 Å². The van der Waals surface area contributed by atoms with Crippen molar-refractivity contribution in [3.05, 3.63) is 35.7 Å². The van der Waals surface area contributed by atoms with Crippen molar-refractivity contribution in [1.29, 1.82) is 0 Å². The van der Waals surface area contributed by atoms with Gasteiger partial charge in [-0.3, -0.25) is 19.2 Å². The molecule has 0 bridgehead atoms. The molecule has 108 valence electrons. The lowest BCUT2D eigenvalue weighted by Crippen LogP contribution is -2.28. The van der Waals surface area contributed by atoms with E-state index in [0.29, 0.717) is 28.5 Å². The van der Waals surface area contributed by atoms with Gasteiger partial charge in [-0.2, -0.15) is 5.10 Å². The van der Waals surface area contributed by atoms with Crippen molar-refractivity contribution >= 4 is 40.5 Å². The van der Waals surface area contributed by atoms with Crippen molar-refractivity contribution in [1.82, 2.24) is 9.78 Å². The molecule has 2 aromatic rings. The molecule has 0 unspecified atom stereocenters. The lowest BCUT2D eigenvalue weighted by atomic mass is 10.2. The van der Waals surface area contributed by atoms with E-state index in [1.165, 1.54) is 9.58 Å². The predicted molar refractivity (Wildman–Crippen MR) is 80.2 cm³/mol. The van der Waals surface area contributed by atoms with Gasteiger partial charge in [0.15, 0.2) is 5.69 Å². The fraction of sp³-hybridized carbons (Fsp3) is 0.214. The minimum Gasteiger partial charge on any atom is -0.319 e. The molecule has 21 heavy (non-hydrogen) atoms. The highest BCUT2D eigenvalue weighted by molar-refractivity contribution is 6.31. The van der Waals surface area contributed by atoms with E-state index >= 15 is 0 Å². The molecule has 0 fully saturated rings. The number of carbonyl (C=O) groups is 2. The summed E-state index contributed by atoms with van der Waals surface area (Å²) in [5.41, 5.74) is 2.56. The molecule has 6 nitrogen and oxygen atoms in total. The van der Waals surface area contributed by atoms with E-state index in [1.54, 1.807) is 38.2 Å². The Balaban J connectivity index is 2.34. The van der Waals surface area contributed by atoms with Crippen molar-refractivity contribution in [2.24, 2.45) is 7.05 Å². The van der Waals surface area contributed by atoms with Gasteiger partial charge in [0.2, 0.25) is 5.91 Å². The molecule has 1 aliphatic rings. The van der Waals surface area contributed by atoms with E-state index in [2.05, 4.69) is 10.4 Å². The van der Waals surface area contributed by atoms with Crippen LogP contribution in [0, 0.1) is 6.92 Å². The molecule has 2 amide bonds.